The Morgan fingerprint density at radius 1 is 0.842 bits per heavy atom. The number of hydrogen-bond donors (Lipinski definition) is 1. The Balaban J connectivity index is 3.22. The smallest absolute Gasteiger partial charge is 0.329 e. The molecule has 1 atom stereocenters. The Morgan fingerprint density at radius 3 is 1.61 bits per heavy atom. The first kappa shape index (κ1) is 30.2. The first-order valence-electron chi connectivity index (χ1n) is 10.7. The van der Waals surface area contributed by atoms with Gasteiger partial charge in [-0.3, -0.25) is 0 Å². The van der Waals surface area contributed by atoms with Crippen LogP contribution in [0.3, 0.4) is 0 Å². The lowest BCUT2D eigenvalue weighted by Gasteiger charge is -2.35. The molecule has 0 aliphatic heterocycles. The lowest BCUT2D eigenvalue weighted by atomic mass is 9.98. The van der Waals surface area contributed by atoms with Crippen LogP contribution in [0.25, 0.3) is 0 Å². The fraction of sp³-hybridized carbons (Fsp3) is 0.292. The number of hydrogen-bond acceptors (Lipinski definition) is 8. The standard InChI is InChI=1S/C24H16Cl2F4N6O2/c1-2-38-24(37)15(5-3-4-6-31)36(22-13(9-34)18(27)11(7-32)20(29)16(22)25)23-14(10-35)19(28)12(8-33)21(30)17(23)26/h15H,2-6,31H2,1H3/t15-/m1/s1. The van der Waals surface area contributed by atoms with Crippen molar-refractivity contribution in [1.29, 1.82) is 21.0 Å². The number of nitrogens with zero attached hydrogens (tertiary/aromatic N) is 5. The number of esters is 1. The van der Waals surface area contributed by atoms with Crippen molar-refractivity contribution >= 4 is 40.5 Å². The summed E-state index contributed by atoms with van der Waals surface area (Å²) in [6, 6.07) is 3.53. The molecule has 0 saturated carbocycles. The highest BCUT2D eigenvalue weighted by molar-refractivity contribution is 6.36. The largest absolute Gasteiger partial charge is 0.464 e. The van der Waals surface area contributed by atoms with E-state index < -0.39 is 79.0 Å². The second-order valence-corrected chi connectivity index (χ2v) is 8.21. The number of ether oxygens (including phenoxy) is 1. The Kier molecular flexibility index (Phi) is 10.3. The third kappa shape index (κ3) is 5.30. The monoisotopic (exact) mass is 566 g/mol. The van der Waals surface area contributed by atoms with E-state index in [4.69, 9.17) is 44.2 Å². The average Bonchev–Trinajstić information content (AvgIpc) is 2.89. The van der Waals surface area contributed by atoms with E-state index in [0.717, 1.165) is 0 Å². The molecule has 0 heterocycles. The fourth-order valence-electron chi connectivity index (χ4n) is 3.65. The van der Waals surface area contributed by atoms with E-state index in [-0.39, 0.29) is 26.0 Å². The minimum atomic E-state index is -1.71. The number of carbonyl (C=O) groups is 1. The van der Waals surface area contributed by atoms with Gasteiger partial charge in [-0.25, -0.2) is 22.4 Å². The van der Waals surface area contributed by atoms with Crippen molar-refractivity contribution in [2.45, 2.75) is 32.2 Å². The predicted octanol–water partition coefficient (Wildman–Crippen LogP) is 5.24. The SMILES string of the molecule is CCOC(=O)[C@@H](CCCCN)N(c1c(Cl)c(F)c(C#N)c(F)c1C#N)c1c(Cl)c(F)c(C#N)c(F)c1C#N. The van der Waals surface area contributed by atoms with Gasteiger partial charge < -0.3 is 15.4 Å². The van der Waals surface area contributed by atoms with Crippen LogP contribution < -0.4 is 10.6 Å². The molecular formula is C24H16Cl2F4N6O2. The molecule has 14 heteroatoms. The number of anilines is 2. The minimum absolute atomic E-state index is 0.151. The van der Waals surface area contributed by atoms with Gasteiger partial charge in [0.2, 0.25) is 0 Å². The third-order valence-corrected chi connectivity index (χ3v) is 6.01. The van der Waals surface area contributed by atoms with Gasteiger partial charge in [0.15, 0.2) is 23.3 Å². The molecule has 8 nitrogen and oxygen atoms in total. The van der Waals surface area contributed by atoms with Gasteiger partial charge in [-0.15, -0.1) is 0 Å². The Morgan fingerprint density at radius 2 is 1.26 bits per heavy atom. The summed E-state index contributed by atoms with van der Waals surface area (Å²) in [5, 5.41) is 35.6. The highest BCUT2D eigenvalue weighted by atomic mass is 35.5. The van der Waals surface area contributed by atoms with Crippen LogP contribution in [0.4, 0.5) is 28.9 Å². The van der Waals surface area contributed by atoms with Crippen molar-refractivity contribution in [3.8, 4) is 24.3 Å². The first-order chi connectivity index (χ1) is 18.1. The predicted molar refractivity (Wildman–Crippen MR) is 127 cm³/mol. The van der Waals surface area contributed by atoms with E-state index in [1.54, 1.807) is 0 Å². The molecule has 2 aromatic carbocycles. The molecule has 0 saturated heterocycles. The Hall–Kier alpha value is -4.07. The van der Waals surface area contributed by atoms with Gasteiger partial charge in [-0.2, -0.15) is 21.0 Å². The summed E-state index contributed by atoms with van der Waals surface area (Å²) < 4.78 is 65.4. The van der Waals surface area contributed by atoms with Gasteiger partial charge in [0, 0.05) is 0 Å². The molecule has 2 N–H and O–H groups in total. The first-order valence-corrected chi connectivity index (χ1v) is 11.5. The maximum atomic E-state index is 15.1. The normalized spacial score (nSPS) is 11.1. The summed E-state index contributed by atoms with van der Waals surface area (Å²) in [6.07, 6.45) is 0.219. The van der Waals surface area contributed by atoms with Gasteiger partial charge in [0.1, 0.15) is 62.6 Å². The summed E-state index contributed by atoms with van der Waals surface area (Å²) in [6.45, 7) is 1.39. The maximum Gasteiger partial charge on any atom is 0.329 e. The number of halogens is 6. The molecule has 0 spiro atoms. The molecule has 0 aromatic heterocycles. The van der Waals surface area contributed by atoms with Gasteiger partial charge in [-0.05, 0) is 32.7 Å². The van der Waals surface area contributed by atoms with Crippen molar-refractivity contribution in [3.05, 3.63) is 55.6 Å². The molecular weight excluding hydrogens is 551 g/mol. The summed E-state index contributed by atoms with van der Waals surface area (Å²) >= 11 is 12.3. The number of rotatable bonds is 9. The highest BCUT2D eigenvalue weighted by Gasteiger charge is 2.39. The molecule has 0 fully saturated rings. The van der Waals surface area contributed by atoms with Crippen LogP contribution in [-0.4, -0.2) is 25.2 Å². The molecule has 0 radical (unpaired) electrons. The van der Waals surface area contributed by atoms with Crippen molar-refractivity contribution in [1.82, 2.24) is 0 Å². The quantitative estimate of drug-likeness (QED) is 0.187. The van der Waals surface area contributed by atoms with Crippen LogP contribution in [0.15, 0.2) is 0 Å². The zero-order chi connectivity index (χ0) is 28.7. The third-order valence-electron chi connectivity index (χ3n) is 5.32. The molecule has 2 aromatic rings. The number of unbranched alkanes of at least 4 members (excludes halogenated alkanes) is 1. The molecule has 196 valence electrons. The molecule has 38 heavy (non-hydrogen) atoms. The van der Waals surface area contributed by atoms with Crippen molar-refractivity contribution in [3.63, 3.8) is 0 Å². The van der Waals surface area contributed by atoms with E-state index >= 15 is 17.6 Å². The topological polar surface area (TPSA) is 151 Å². The molecule has 2 rings (SSSR count). The second kappa shape index (κ2) is 12.9. The van der Waals surface area contributed by atoms with Crippen LogP contribution in [0.1, 0.15) is 48.4 Å². The van der Waals surface area contributed by atoms with Crippen LogP contribution in [0, 0.1) is 68.6 Å². The lowest BCUT2D eigenvalue weighted by Crippen LogP contribution is -2.41. The van der Waals surface area contributed by atoms with E-state index in [0.29, 0.717) is 11.3 Å². The summed E-state index contributed by atoms with van der Waals surface area (Å²) in [5.74, 6) is -7.78. The molecule has 0 bridgehead atoms. The van der Waals surface area contributed by atoms with Crippen molar-refractivity contribution < 1.29 is 27.1 Å². The van der Waals surface area contributed by atoms with E-state index in [1.807, 2.05) is 0 Å². The van der Waals surface area contributed by atoms with Gasteiger partial charge in [0.05, 0.1) is 18.0 Å². The van der Waals surface area contributed by atoms with Gasteiger partial charge in [-0.1, -0.05) is 23.2 Å². The van der Waals surface area contributed by atoms with Gasteiger partial charge >= 0.3 is 5.97 Å². The van der Waals surface area contributed by atoms with Crippen LogP contribution in [0.5, 0.6) is 0 Å². The highest BCUT2D eigenvalue weighted by Crippen LogP contribution is 2.47. The Labute approximate surface area is 224 Å². The second-order valence-electron chi connectivity index (χ2n) is 7.45. The lowest BCUT2D eigenvalue weighted by molar-refractivity contribution is -0.144. The van der Waals surface area contributed by atoms with Crippen LogP contribution in [-0.2, 0) is 9.53 Å². The Bertz CT molecular complexity index is 1360. The number of carbonyl (C=O) groups excluding carboxylic acids is 1. The average molecular weight is 567 g/mol. The van der Waals surface area contributed by atoms with E-state index in [9.17, 15) is 15.3 Å². The summed E-state index contributed by atoms with van der Waals surface area (Å²) in [4.78, 5) is 13.6. The number of nitriles is 4. The maximum absolute atomic E-state index is 15.1. The van der Waals surface area contributed by atoms with Gasteiger partial charge in [0.25, 0.3) is 0 Å². The van der Waals surface area contributed by atoms with Crippen molar-refractivity contribution in [2.75, 3.05) is 18.1 Å². The molecule has 0 amide bonds. The summed E-state index contributed by atoms with van der Waals surface area (Å²) in [7, 11) is 0. The zero-order valence-electron chi connectivity index (χ0n) is 19.5. The van der Waals surface area contributed by atoms with Crippen molar-refractivity contribution in [2.24, 2.45) is 5.73 Å². The zero-order valence-corrected chi connectivity index (χ0v) is 21.0. The van der Waals surface area contributed by atoms with Crippen LogP contribution in [0.2, 0.25) is 10.0 Å². The molecule has 0 unspecified atom stereocenters. The summed E-state index contributed by atoms with van der Waals surface area (Å²) in [5.41, 5.74) is -1.05. The fourth-order valence-corrected chi connectivity index (χ4v) is 4.21. The minimum Gasteiger partial charge on any atom is -0.464 e. The van der Waals surface area contributed by atoms with E-state index in [1.165, 1.54) is 31.2 Å². The van der Waals surface area contributed by atoms with Crippen LogP contribution >= 0.6 is 23.2 Å². The number of nitrogens with two attached hydrogens (primary N) is 1. The number of benzene rings is 2. The molecule has 0 aliphatic rings. The molecule has 0 aliphatic carbocycles. The van der Waals surface area contributed by atoms with E-state index in [2.05, 4.69) is 0 Å².